The molecule has 7 rings (SSSR count). The van der Waals surface area contributed by atoms with Gasteiger partial charge in [0.15, 0.2) is 0 Å². The van der Waals surface area contributed by atoms with E-state index in [0.717, 1.165) is 30.7 Å². The first-order valence-electron chi connectivity index (χ1n) is 16.5. The summed E-state index contributed by atoms with van der Waals surface area (Å²) in [4.78, 5) is 32.1. The maximum absolute atomic E-state index is 15.0. The fraction of sp³-hybridized carbons (Fsp3) is 0.417. The van der Waals surface area contributed by atoms with Gasteiger partial charge in [0.05, 0.1) is 38.9 Å². The second kappa shape index (κ2) is 12.6. The van der Waals surface area contributed by atoms with Crippen molar-refractivity contribution in [1.82, 2.24) is 19.8 Å². The van der Waals surface area contributed by atoms with Crippen molar-refractivity contribution in [3.8, 4) is 23.2 Å². The molecule has 252 valence electrons. The summed E-state index contributed by atoms with van der Waals surface area (Å²) in [5.41, 5.74) is 7.35. The number of nitrogens with two attached hydrogens (primary N) is 1. The topological polar surface area (TPSA) is 116 Å². The summed E-state index contributed by atoms with van der Waals surface area (Å²) < 4.78 is 36.2. The van der Waals surface area contributed by atoms with Crippen LogP contribution in [0.3, 0.4) is 0 Å². The maximum atomic E-state index is 15.0. The second-order valence-corrected chi connectivity index (χ2v) is 14.1. The number of alkyl halides is 1. The summed E-state index contributed by atoms with van der Waals surface area (Å²) in [5.74, 6) is -0.0849. The minimum atomic E-state index is -0.926. The number of aromatic nitrogens is 2. The number of nitriles is 1. The molecule has 1 amide bonds. The Morgan fingerprint density at radius 1 is 1.33 bits per heavy atom. The zero-order chi connectivity index (χ0) is 34.6. The van der Waals surface area contributed by atoms with Gasteiger partial charge in [-0.1, -0.05) is 18.7 Å². The van der Waals surface area contributed by atoms with Gasteiger partial charge in [-0.3, -0.25) is 9.69 Å². The van der Waals surface area contributed by atoms with E-state index in [1.54, 1.807) is 17.0 Å². The first kappa shape index (κ1) is 32.7. The Morgan fingerprint density at radius 2 is 2.12 bits per heavy atom. The summed E-state index contributed by atoms with van der Waals surface area (Å²) in [6.07, 6.45) is 3.24. The van der Waals surface area contributed by atoms with Gasteiger partial charge in [-0.15, -0.1) is 11.3 Å². The van der Waals surface area contributed by atoms with E-state index in [0.29, 0.717) is 65.7 Å². The fourth-order valence-electron chi connectivity index (χ4n) is 8.25. The SMILES string of the molecule is [C-]#[N+]c1c(N)sc2c(F)ccc(-c3ccc4c(N(CC)C5CCN(C(=O)C=C)C5C)nc(OCC56CCCN5CC(F)C6)nc4c3C#N)c12. The van der Waals surface area contributed by atoms with E-state index >= 15 is 0 Å². The number of carbonyl (C=O) groups is 1. The minimum Gasteiger partial charge on any atom is -0.461 e. The van der Waals surface area contributed by atoms with Crippen molar-refractivity contribution in [2.24, 2.45) is 0 Å². The van der Waals surface area contributed by atoms with Crippen molar-refractivity contribution in [1.29, 1.82) is 5.26 Å². The van der Waals surface area contributed by atoms with Gasteiger partial charge in [0.2, 0.25) is 11.6 Å². The zero-order valence-electron chi connectivity index (χ0n) is 27.4. The van der Waals surface area contributed by atoms with Crippen LogP contribution in [-0.4, -0.2) is 82.3 Å². The number of amides is 1. The number of rotatable bonds is 8. The van der Waals surface area contributed by atoms with Crippen LogP contribution in [0.4, 0.5) is 25.3 Å². The minimum absolute atomic E-state index is 0.0636. The average molecular weight is 683 g/mol. The molecule has 13 heteroatoms. The van der Waals surface area contributed by atoms with Crippen molar-refractivity contribution in [2.45, 2.75) is 63.3 Å². The molecule has 2 aromatic carbocycles. The number of likely N-dealkylation sites (tertiary alicyclic amines) is 1. The molecule has 10 nitrogen and oxygen atoms in total. The molecule has 2 N–H and O–H groups in total. The van der Waals surface area contributed by atoms with Crippen LogP contribution in [0.1, 0.15) is 45.1 Å². The lowest BCUT2D eigenvalue weighted by atomic mass is 9.94. The van der Waals surface area contributed by atoms with Crippen LogP contribution < -0.4 is 15.4 Å². The molecule has 2 aromatic heterocycles. The van der Waals surface area contributed by atoms with Gasteiger partial charge in [0.1, 0.15) is 30.5 Å². The average Bonchev–Trinajstić information content (AvgIpc) is 3.84. The molecule has 0 aliphatic carbocycles. The van der Waals surface area contributed by atoms with E-state index in [1.807, 2.05) is 19.9 Å². The van der Waals surface area contributed by atoms with Crippen molar-refractivity contribution in [2.75, 3.05) is 43.4 Å². The normalized spacial score (nSPS) is 23.5. The van der Waals surface area contributed by atoms with Gasteiger partial charge in [-0.2, -0.15) is 15.2 Å². The number of nitrogens with zero attached hydrogens (tertiary/aromatic N) is 7. The van der Waals surface area contributed by atoms with Crippen LogP contribution in [0.15, 0.2) is 36.9 Å². The lowest BCUT2D eigenvalue weighted by Gasteiger charge is -2.34. The highest BCUT2D eigenvalue weighted by atomic mass is 32.1. The standard InChI is InChI=1S/C36H36F2N8O2S/c1-5-28(47)46-15-12-27(20(46)3)45(6-2)34-24-9-8-22(23-10-11-26(38)32-29(23)31(41-4)33(40)49-32)25(17-39)30(24)42-35(43-34)48-19-36-13-7-14-44(36)18-21(37)16-36/h5,8-11,20-21,27H,1,6-7,12-16,18-19,40H2,2-3H3. The third-order valence-corrected chi connectivity index (χ3v) is 11.6. The smallest absolute Gasteiger partial charge is 0.319 e. The largest absolute Gasteiger partial charge is 0.461 e. The van der Waals surface area contributed by atoms with Crippen molar-refractivity contribution >= 4 is 54.7 Å². The van der Waals surface area contributed by atoms with Crippen LogP contribution in [0.5, 0.6) is 6.01 Å². The molecule has 0 saturated carbocycles. The fourth-order valence-corrected chi connectivity index (χ4v) is 9.19. The highest BCUT2D eigenvalue weighted by Crippen LogP contribution is 2.48. The number of hydrogen-bond acceptors (Lipinski definition) is 9. The number of fused-ring (bicyclic) bond motifs is 3. The predicted molar refractivity (Wildman–Crippen MR) is 187 cm³/mol. The van der Waals surface area contributed by atoms with E-state index in [-0.39, 0.29) is 51.6 Å². The van der Waals surface area contributed by atoms with Crippen molar-refractivity contribution < 1.29 is 18.3 Å². The van der Waals surface area contributed by atoms with E-state index in [1.165, 1.54) is 12.1 Å². The Kier molecular flexibility index (Phi) is 8.37. The Hall–Kier alpha value is -4.85. The summed E-state index contributed by atoms with van der Waals surface area (Å²) in [5, 5.41) is 11.9. The predicted octanol–water partition coefficient (Wildman–Crippen LogP) is 6.61. The molecule has 5 heterocycles. The summed E-state index contributed by atoms with van der Waals surface area (Å²) in [6.45, 7) is 17.9. The lowest BCUT2D eigenvalue weighted by molar-refractivity contribution is -0.126. The van der Waals surface area contributed by atoms with Crippen LogP contribution >= 0.6 is 11.3 Å². The van der Waals surface area contributed by atoms with Gasteiger partial charge in [0, 0.05) is 48.4 Å². The van der Waals surface area contributed by atoms with E-state index < -0.39 is 17.5 Å². The number of anilines is 2. The molecule has 4 unspecified atom stereocenters. The number of ether oxygens (including phenoxy) is 1. The number of benzene rings is 2. The Balaban J connectivity index is 1.40. The van der Waals surface area contributed by atoms with Crippen LogP contribution in [0.2, 0.25) is 0 Å². The van der Waals surface area contributed by atoms with Crippen LogP contribution in [0, 0.1) is 23.7 Å². The Labute approximate surface area is 287 Å². The number of hydrogen-bond donors (Lipinski definition) is 1. The van der Waals surface area contributed by atoms with E-state index in [4.69, 9.17) is 27.0 Å². The van der Waals surface area contributed by atoms with E-state index in [2.05, 4.69) is 27.3 Å². The highest BCUT2D eigenvalue weighted by molar-refractivity contribution is 7.23. The van der Waals surface area contributed by atoms with Gasteiger partial charge >= 0.3 is 6.01 Å². The lowest BCUT2D eigenvalue weighted by Crippen LogP contribution is -2.45. The second-order valence-electron chi connectivity index (χ2n) is 13.0. The molecule has 4 atom stereocenters. The molecule has 49 heavy (non-hydrogen) atoms. The molecule has 3 aliphatic rings. The first-order chi connectivity index (χ1) is 23.6. The van der Waals surface area contributed by atoms with Gasteiger partial charge < -0.3 is 20.3 Å². The number of halogens is 2. The molecule has 0 spiro atoms. The first-order valence-corrected chi connectivity index (χ1v) is 17.3. The van der Waals surface area contributed by atoms with Gasteiger partial charge in [0.25, 0.3) is 0 Å². The van der Waals surface area contributed by atoms with Crippen molar-refractivity contribution in [3.05, 3.63) is 59.7 Å². The number of thiophene rings is 1. The molecule has 4 aromatic rings. The third kappa shape index (κ3) is 5.23. The molecule has 0 radical (unpaired) electrons. The quantitative estimate of drug-likeness (QED) is 0.163. The molecule has 3 fully saturated rings. The summed E-state index contributed by atoms with van der Waals surface area (Å²) in [6, 6.07) is 8.64. The Morgan fingerprint density at radius 3 is 2.86 bits per heavy atom. The maximum Gasteiger partial charge on any atom is 0.319 e. The van der Waals surface area contributed by atoms with Crippen molar-refractivity contribution in [3.63, 3.8) is 0 Å². The monoisotopic (exact) mass is 682 g/mol. The van der Waals surface area contributed by atoms with Crippen LogP contribution in [-0.2, 0) is 4.79 Å². The zero-order valence-corrected chi connectivity index (χ0v) is 28.2. The van der Waals surface area contributed by atoms with Crippen LogP contribution in [0.25, 0.3) is 37.0 Å². The Bertz CT molecular complexity index is 2090. The number of likely N-dealkylation sites (N-methyl/N-ethyl adjacent to an activating group) is 1. The van der Waals surface area contributed by atoms with Gasteiger partial charge in [-0.05, 0) is 63.4 Å². The molecular weight excluding hydrogens is 647 g/mol. The molecular formula is C36H36F2N8O2S. The summed E-state index contributed by atoms with van der Waals surface area (Å²) in [7, 11) is 0. The third-order valence-electron chi connectivity index (χ3n) is 10.5. The highest BCUT2D eigenvalue weighted by Gasteiger charge is 2.49. The van der Waals surface area contributed by atoms with Gasteiger partial charge in [-0.25, -0.2) is 13.6 Å². The molecule has 3 aliphatic heterocycles. The molecule has 3 saturated heterocycles. The molecule has 0 bridgehead atoms. The van der Waals surface area contributed by atoms with E-state index in [9.17, 15) is 18.8 Å². The number of carbonyl (C=O) groups excluding carboxylic acids is 1. The number of nitrogen functional groups attached to an aromatic ring is 1. The summed E-state index contributed by atoms with van der Waals surface area (Å²) >= 11 is 1.00.